The Kier molecular flexibility index (Phi) is 8.51. The van der Waals surface area contributed by atoms with Crippen LogP contribution < -0.4 is 4.98 Å². The van der Waals surface area contributed by atoms with Crippen LogP contribution in [0.4, 0.5) is 0 Å². The lowest BCUT2D eigenvalue weighted by atomic mass is 9.95. The topological polar surface area (TPSA) is 68.8 Å². The molecule has 304 valence electrons. The standard InChI is InChI=1S/C59H35ClN4O/c60-59-63-57(38-27-23-36(24-28-38)35-11-2-1-3-12-35)62-58(64-59)39-29-25-37(26-30-39)40-13-8-14-41(33-40)44-20-10-21-50-47-32-31-42(34-52(47)65-56(44)50)43-19-9-22-51-53-48-17-6-4-15-45(48)46-16-5-7-18-49(46)55(53)61-54(43)51/h1-34,61H/p+1. The molecule has 0 fully saturated rings. The van der Waals surface area contributed by atoms with E-state index in [0.717, 1.165) is 83.1 Å². The highest BCUT2D eigenvalue weighted by Crippen LogP contribution is 2.43. The van der Waals surface area contributed by atoms with Crippen molar-refractivity contribution >= 4 is 76.9 Å². The third-order valence-corrected chi connectivity index (χ3v) is 13.1. The van der Waals surface area contributed by atoms with E-state index in [4.69, 9.17) is 21.0 Å². The molecule has 0 atom stereocenters. The van der Waals surface area contributed by atoms with Crippen molar-refractivity contribution in [3.8, 4) is 67.3 Å². The van der Waals surface area contributed by atoms with Crippen LogP contribution in [0.25, 0.3) is 133 Å². The highest BCUT2D eigenvalue weighted by molar-refractivity contribution is 6.32. The lowest BCUT2D eigenvalue weighted by Gasteiger charge is -2.07. The van der Waals surface area contributed by atoms with Crippen molar-refractivity contribution in [2.24, 2.45) is 0 Å². The van der Waals surface area contributed by atoms with Crippen LogP contribution in [0, 0.1) is 0 Å². The molecule has 0 bridgehead atoms. The summed E-state index contributed by atoms with van der Waals surface area (Å²) in [5.74, 6) is 1.21. The Bertz CT molecular complexity index is 4000. The Morgan fingerprint density at radius 2 is 0.938 bits per heavy atom. The molecule has 0 amide bonds. The van der Waals surface area contributed by atoms with E-state index in [2.05, 4.69) is 191 Å². The second-order valence-electron chi connectivity index (χ2n) is 16.6. The van der Waals surface area contributed by atoms with Crippen molar-refractivity contribution in [3.63, 3.8) is 0 Å². The Morgan fingerprint density at radius 3 is 1.74 bits per heavy atom. The number of aromatic nitrogens is 4. The summed E-state index contributed by atoms with van der Waals surface area (Å²) < 4.78 is 6.84. The first-order valence-corrected chi connectivity index (χ1v) is 22.1. The van der Waals surface area contributed by atoms with Gasteiger partial charge in [-0.05, 0) is 104 Å². The molecule has 3 heterocycles. The van der Waals surface area contributed by atoms with Crippen LogP contribution in [0.2, 0.25) is 5.28 Å². The number of fused-ring (bicyclic) bond motifs is 11. The molecule has 2 N–H and O–H groups in total. The predicted octanol–water partition coefficient (Wildman–Crippen LogP) is 15.8. The summed E-state index contributed by atoms with van der Waals surface area (Å²) in [6.45, 7) is 0. The van der Waals surface area contributed by atoms with E-state index >= 15 is 0 Å². The number of hydrogen-bond acceptors (Lipinski definition) is 3. The maximum absolute atomic E-state index is 6.84. The van der Waals surface area contributed by atoms with Crippen LogP contribution in [0.5, 0.6) is 0 Å². The number of furan rings is 1. The van der Waals surface area contributed by atoms with Gasteiger partial charge in [-0.25, -0.2) is 4.98 Å². The molecule has 0 saturated carbocycles. The number of nitrogens with zero attached hydrogens (tertiary/aromatic N) is 2. The molecule has 13 aromatic rings. The Morgan fingerprint density at radius 1 is 0.385 bits per heavy atom. The number of rotatable bonds is 6. The number of hydrogen-bond donors (Lipinski definition) is 1. The minimum Gasteiger partial charge on any atom is -0.455 e. The average Bonchev–Trinajstić information content (AvgIpc) is 3.96. The first-order valence-electron chi connectivity index (χ1n) is 21.7. The smallest absolute Gasteiger partial charge is 0.336 e. The minimum atomic E-state index is 0.277. The van der Waals surface area contributed by atoms with Gasteiger partial charge in [-0.1, -0.05) is 174 Å². The summed E-state index contributed by atoms with van der Waals surface area (Å²) in [4.78, 5) is 16.4. The molecule has 0 radical (unpaired) electrons. The first-order chi connectivity index (χ1) is 32.1. The largest absolute Gasteiger partial charge is 0.455 e. The average molecular weight is 852 g/mol. The molecule has 0 unspecified atom stereocenters. The van der Waals surface area contributed by atoms with E-state index in [-0.39, 0.29) is 5.28 Å². The van der Waals surface area contributed by atoms with E-state index in [1.807, 2.05) is 30.3 Å². The molecule has 5 nitrogen and oxygen atoms in total. The van der Waals surface area contributed by atoms with Gasteiger partial charge in [-0.3, -0.25) is 0 Å². The summed E-state index contributed by atoms with van der Waals surface area (Å²) in [7, 11) is 0. The third kappa shape index (κ3) is 6.20. The zero-order chi connectivity index (χ0) is 43.0. The van der Waals surface area contributed by atoms with Gasteiger partial charge in [0.05, 0.1) is 22.2 Å². The molecule has 6 heteroatoms. The number of benzene rings is 10. The second kappa shape index (κ2) is 14.9. The van der Waals surface area contributed by atoms with Gasteiger partial charge in [0.2, 0.25) is 0 Å². The van der Waals surface area contributed by atoms with Crippen LogP contribution in [0.3, 0.4) is 0 Å². The fourth-order valence-corrected chi connectivity index (χ4v) is 9.95. The van der Waals surface area contributed by atoms with Gasteiger partial charge in [0.1, 0.15) is 11.2 Å². The molecule has 3 aromatic heterocycles. The third-order valence-electron chi connectivity index (χ3n) is 12.9. The van der Waals surface area contributed by atoms with Crippen LogP contribution in [-0.2, 0) is 0 Å². The molecule has 0 spiro atoms. The van der Waals surface area contributed by atoms with Gasteiger partial charge in [0, 0.05) is 38.1 Å². The Hall–Kier alpha value is -8.38. The van der Waals surface area contributed by atoms with Crippen LogP contribution >= 0.6 is 11.6 Å². The van der Waals surface area contributed by atoms with Crippen LogP contribution in [0.1, 0.15) is 0 Å². The summed E-state index contributed by atoms with van der Waals surface area (Å²) >= 11 is 6.53. The van der Waals surface area contributed by atoms with Crippen molar-refractivity contribution in [2.75, 3.05) is 0 Å². The summed E-state index contributed by atoms with van der Waals surface area (Å²) in [5, 5.41) is 9.94. The summed E-state index contributed by atoms with van der Waals surface area (Å²) in [6, 6.07) is 72.7. The number of para-hydroxylation sites is 2. The van der Waals surface area contributed by atoms with Crippen molar-refractivity contribution in [1.29, 1.82) is 0 Å². The molecular weight excluding hydrogens is 816 g/mol. The van der Waals surface area contributed by atoms with Crippen molar-refractivity contribution in [2.45, 2.75) is 0 Å². The van der Waals surface area contributed by atoms with Gasteiger partial charge in [-0.15, -0.1) is 0 Å². The minimum absolute atomic E-state index is 0.277. The molecule has 0 saturated heterocycles. The monoisotopic (exact) mass is 851 g/mol. The van der Waals surface area contributed by atoms with Gasteiger partial charge in [0.25, 0.3) is 5.82 Å². The fourth-order valence-electron chi connectivity index (χ4n) is 9.78. The van der Waals surface area contributed by atoms with Crippen LogP contribution in [-0.4, -0.2) is 15.0 Å². The van der Waals surface area contributed by atoms with E-state index < -0.39 is 0 Å². The first kappa shape index (κ1) is 37.2. The maximum Gasteiger partial charge on any atom is 0.336 e. The SMILES string of the molecule is Clc1nc(-c2ccc(-c3ccccc3)cc2)nc(-c2ccc(-c3cccc(-c4cccc5c4oc4cc(-c6cccc7c6[nH]c6c8ccccc8c8ccccc8c76)ccc45)c3)cc2)[nH+]1. The summed E-state index contributed by atoms with van der Waals surface area (Å²) in [6.07, 6.45) is 0. The van der Waals surface area contributed by atoms with Gasteiger partial charge in [0.15, 0.2) is 0 Å². The number of nitrogens with one attached hydrogen (secondary N) is 2. The number of H-pyrrole nitrogens is 2. The quantitative estimate of drug-likeness (QED) is 0.169. The maximum atomic E-state index is 6.84. The molecular formula is C59H36ClN4O+. The van der Waals surface area contributed by atoms with Crippen LogP contribution in [0.15, 0.2) is 211 Å². The van der Waals surface area contributed by atoms with Crippen molar-refractivity contribution in [3.05, 3.63) is 212 Å². The zero-order valence-electron chi connectivity index (χ0n) is 34.8. The molecule has 65 heavy (non-hydrogen) atoms. The molecule has 0 aliphatic rings. The highest BCUT2D eigenvalue weighted by atomic mass is 35.5. The van der Waals surface area contributed by atoms with Crippen molar-refractivity contribution in [1.82, 2.24) is 15.0 Å². The van der Waals surface area contributed by atoms with Gasteiger partial charge < -0.3 is 9.40 Å². The van der Waals surface area contributed by atoms with Crippen molar-refractivity contribution < 1.29 is 9.40 Å². The van der Waals surface area contributed by atoms with Gasteiger partial charge in [-0.2, -0.15) is 0 Å². The molecule has 0 aliphatic heterocycles. The zero-order valence-corrected chi connectivity index (χ0v) is 35.6. The predicted molar refractivity (Wildman–Crippen MR) is 268 cm³/mol. The lowest BCUT2D eigenvalue weighted by Crippen LogP contribution is -2.14. The van der Waals surface area contributed by atoms with E-state index in [0.29, 0.717) is 11.6 Å². The molecule has 13 rings (SSSR count). The van der Waals surface area contributed by atoms with E-state index in [1.165, 1.54) is 37.8 Å². The second-order valence-corrected chi connectivity index (χ2v) is 17.0. The van der Waals surface area contributed by atoms with E-state index in [1.54, 1.807) is 0 Å². The van der Waals surface area contributed by atoms with E-state index in [9.17, 15) is 0 Å². The Balaban J connectivity index is 0.830. The highest BCUT2D eigenvalue weighted by Gasteiger charge is 2.20. The number of aromatic amines is 2. The molecule has 0 aliphatic carbocycles. The normalized spacial score (nSPS) is 11.8. The number of halogens is 1. The summed E-state index contributed by atoms with van der Waals surface area (Å²) in [5.41, 5.74) is 14.7. The molecule has 10 aromatic carbocycles. The van der Waals surface area contributed by atoms with Gasteiger partial charge >= 0.3 is 11.1 Å². The Labute approximate surface area is 378 Å². The lowest BCUT2D eigenvalue weighted by molar-refractivity contribution is -0.370. The fraction of sp³-hybridized carbons (Fsp3) is 0.